The van der Waals surface area contributed by atoms with E-state index in [1.807, 2.05) is 18.2 Å². The summed E-state index contributed by atoms with van der Waals surface area (Å²) in [6.07, 6.45) is 3.47. The van der Waals surface area contributed by atoms with Crippen LogP contribution in [0.3, 0.4) is 0 Å². The fraction of sp³-hybridized carbons (Fsp3) is 0.375. The highest BCUT2D eigenvalue weighted by Gasteiger charge is 2.22. The standard InChI is InChI=1S/C16H23N7O2/c1-4-5-9-23(17)22(3)16-21-14(11-25-16)13-8-6-7-12(20-13)10-19-15(24)18-2/h6-8,11H,3-5,9-10,17H2,1-2H3,(H-,18,19,24)/p+1. The predicted molar refractivity (Wildman–Crippen MR) is 93.9 cm³/mol. The Balaban J connectivity index is 2.08. The van der Waals surface area contributed by atoms with E-state index in [2.05, 4.69) is 34.2 Å². The van der Waals surface area contributed by atoms with Crippen LogP contribution in [0.2, 0.25) is 0 Å². The number of hydrazine groups is 2. The average molecular weight is 346 g/mol. The number of oxazole rings is 1. The predicted octanol–water partition coefficient (Wildman–Crippen LogP) is 1.40. The quantitative estimate of drug-likeness (QED) is 0.288. The number of hydrogen-bond acceptors (Lipinski definition) is 6. The Kier molecular flexibility index (Phi) is 6.47. The molecule has 2 aromatic heterocycles. The summed E-state index contributed by atoms with van der Waals surface area (Å²) in [6, 6.07) is 5.50. The molecular weight excluding hydrogens is 322 g/mol. The third kappa shape index (κ3) is 5.01. The van der Waals surface area contributed by atoms with Crippen molar-refractivity contribution in [3.63, 3.8) is 0 Å². The Morgan fingerprint density at radius 1 is 1.40 bits per heavy atom. The van der Waals surface area contributed by atoms with Crippen molar-refractivity contribution in [2.75, 3.05) is 13.6 Å². The Morgan fingerprint density at radius 3 is 2.92 bits per heavy atom. The van der Waals surface area contributed by atoms with Crippen molar-refractivity contribution in [2.45, 2.75) is 26.3 Å². The number of pyridine rings is 1. The number of rotatable bonds is 8. The summed E-state index contributed by atoms with van der Waals surface area (Å²) in [5.74, 6) is 5.92. The third-order valence-corrected chi connectivity index (χ3v) is 3.49. The van der Waals surface area contributed by atoms with Crippen molar-refractivity contribution in [1.82, 2.24) is 25.7 Å². The monoisotopic (exact) mass is 346 g/mol. The number of carbonyl (C=O) groups is 1. The van der Waals surface area contributed by atoms with Crippen LogP contribution in [0.4, 0.5) is 10.8 Å². The molecule has 0 spiro atoms. The second-order valence-corrected chi connectivity index (χ2v) is 5.38. The Hall–Kier alpha value is -2.94. The van der Waals surface area contributed by atoms with E-state index >= 15 is 0 Å². The van der Waals surface area contributed by atoms with Gasteiger partial charge < -0.3 is 15.1 Å². The summed E-state index contributed by atoms with van der Waals surface area (Å²) < 4.78 is 6.86. The van der Waals surface area contributed by atoms with E-state index in [4.69, 9.17) is 10.3 Å². The average Bonchev–Trinajstić information content (AvgIpc) is 3.13. The van der Waals surface area contributed by atoms with E-state index in [1.165, 1.54) is 16.1 Å². The lowest BCUT2D eigenvalue weighted by atomic mass is 10.2. The molecule has 0 aliphatic rings. The molecule has 9 nitrogen and oxygen atoms in total. The van der Waals surface area contributed by atoms with Crippen LogP contribution in [-0.2, 0) is 6.54 Å². The van der Waals surface area contributed by atoms with Crippen LogP contribution in [0, 0.1) is 0 Å². The molecule has 0 fully saturated rings. The molecule has 0 saturated heterocycles. The first-order valence-corrected chi connectivity index (χ1v) is 8.05. The third-order valence-electron chi connectivity index (χ3n) is 3.49. The molecule has 0 bridgehead atoms. The van der Waals surface area contributed by atoms with Gasteiger partial charge >= 0.3 is 12.0 Å². The lowest BCUT2D eigenvalue weighted by Gasteiger charge is -2.13. The number of aromatic nitrogens is 2. The van der Waals surface area contributed by atoms with E-state index in [0.717, 1.165) is 12.8 Å². The molecule has 134 valence electrons. The van der Waals surface area contributed by atoms with Gasteiger partial charge in [-0.15, -0.1) is 0 Å². The minimum absolute atomic E-state index is 0.265. The zero-order valence-corrected chi connectivity index (χ0v) is 14.5. The minimum atomic E-state index is -0.265. The van der Waals surface area contributed by atoms with E-state index in [9.17, 15) is 4.79 Å². The molecule has 2 rings (SSSR count). The van der Waals surface area contributed by atoms with Crippen LogP contribution in [0.5, 0.6) is 0 Å². The number of carbonyl (C=O) groups excluding carboxylic acids is 1. The zero-order chi connectivity index (χ0) is 18.2. The second kappa shape index (κ2) is 8.78. The van der Waals surface area contributed by atoms with Gasteiger partial charge in [0, 0.05) is 12.0 Å². The lowest BCUT2D eigenvalue weighted by Crippen LogP contribution is -2.38. The molecule has 0 aromatic carbocycles. The number of unbranched alkanes of at least 4 members (excludes halogenated alkanes) is 1. The van der Waals surface area contributed by atoms with E-state index in [0.29, 0.717) is 30.2 Å². The first-order valence-electron chi connectivity index (χ1n) is 8.05. The van der Waals surface area contributed by atoms with Gasteiger partial charge in [0.25, 0.3) is 0 Å². The van der Waals surface area contributed by atoms with Gasteiger partial charge in [-0.25, -0.2) is 15.6 Å². The highest BCUT2D eigenvalue weighted by molar-refractivity contribution is 5.73. The van der Waals surface area contributed by atoms with Crippen LogP contribution < -0.4 is 16.5 Å². The first kappa shape index (κ1) is 18.4. The Bertz CT molecular complexity index is 729. The topological polar surface area (TPSA) is 112 Å². The summed E-state index contributed by atoms with van der Waals surface area (Å²) in [7, 11) is 1.56. The van der Waals surface area contributed by atoms with Crippen molar-refractivity contribution in [1.29, 1.82) is 0 Å². The van der Waals surface area contributed by atoms with Gasteiger partial charge in [0.1, 0.15) is 5.69 Å². The molecule has 2 amide bonds. The van der Waals surface area contributed by atoms with Crippen LogP contribution in [-0.4, -0.2) is 46.1 Å². The lowest BCUT2D eigenvalue weighted by molar-refractivity contribution is -0.632. The Labute approximate surface area is 146 Å². The number of amides is 2. The number of nitrogens with two attached hydrogens (primary N) is 1. The van der Waals surface area contributed by atoms with Gasteiger partial charge in [-0.05, 0) is 18.6 Å². The van der Waals surface area contributed by atoms with Crippen molar-refractivity contribution in [3.8, 4) is 11.4 Å². The maximum absolute atomic E-state index is 11.3. The number of nitrogens with zero attached hydrogens (tertiary/aromatic N) is 4. The minimum Gasteiger partial charge on any atom is -0.390 e. The van der Waals surface area contributed by atoms with Gasteiger partial charge in [-0.2, -0.15) is 5.12 Å². The van der Waals surface area contributed by atoms with Crippen LogP contribution in [0.15, 0.2) is 28.9 Å². The van der Waals surface area contributed by atoms with E-state index < -0.39 is 0 Å². The highest BCUT2D eigenvalue weighted by atomic mass is 16.4. The van der Waals surface area contributed by atoms with Crippen LogP contribution in [0.1, 0.15) is 25.5 Å². The maximum atomic E-state index is 11.3. The van der Waals surface area contributed by atoms with Crippen LogP contribution >= 0.6 is 0 Å². The molecule has 0 saturated carbocycles. The van der Waals surface area contributed by atoms with Gasteiger partial charge in [0.2, 0.25) is 5.69 Å². The Morgan fingerprint density at radius 2 is 2.20 bits per heavy atom. The molecule has 4 N–H and O–H groups in total. The van der Waals surface area contributed by atoms with Crippen molar-refractivity contribution in [2.24, 2.45) is 5.84 Å². The van der Waals surface area contributed by atoms with Gasteiger partial charge in [-0.1, -0.05) is 24.1 Å². The fourth-order valence-corrected chi connectivity index (χ4v) is 2.03. The summed E-state index contributed by atoms with van der Waals surface area (Å²) in [5, 5.41) is 6.63. The summed E-state index contributed by atoms with van der Waals surface area (Å²) in [4.78, 5) is 20.1. The zero-order valence-electron chi connectivity index (χ0n) is 14.5. The smallest absolute Gasteiger partial charge is 0.390 e. The summed E-state index contributed by atoms with van der Waals surface area (Å²) in [5.41, 5.74) is 1.91. The number of nitrogens with one attached hydrogen (secondary N) is 2. The van der Waals surface area contributed by atoms with Gasteiger partial charge in [-0.3, -0.25) is 0 Å². The van der Waals surface area contributed by atoms with E-state index in [-0.39, 0.29) is 12.0 Å². The number of urea groups is 1. The number of hydrazone groups is 1. The molecule has 0 atom stereocenters. The molecule has 2 aromatic rings. The number of hydrogen-bond donors (Lipinski definition) is 3. The van der Waals surface area contributed by atoms with Crippen molar-refractivity contribution >= 4 is 18.8 Å². The SMILES string of the molecule is C=[N+](c1nc(-c2cccc(CNC(=O)NC)n2)co1)N(N)CCCC. The molecule has 0 radical (unpaired) electrons. The molecular formula is C16H24N7O2+. The van der Waals surface area contributed by atoms with Crippen molar-refractivity contribution in [3.05, 3.63) is 30.2 Å². The van der Waals surface area contributed by atoms with Crippen molar-refractivity contribution < 1.29 is 13.9 Å². The fourth-order valence-electron chi connectivity index (χ4n) is 2.03. The van der Waals surface area contributed by atoms with Gasteiger partial charge in [0.05, 0.1) is 25.5 Å². The molecule has 0 aliphatic carbocycles. The maximum Gasteiger partial charge on any atom is 0.528 e. The molecule has 9 heteroatoms. The van der Waals surface area contributed by atoms with E-state index in [1.54, 1.807) is 7.05 Å². The normalized spacial score (nSPS) is 10.4. The molecule has 0 unspecified atom stereocenters. The van der Waals surface area contributed by atoms with Gasteiger partial charge in [0.15, 0.2) is 6.26 Å². The summed E-state index contributed by atoms with van der Waals surface area (Å²) in [6.45, 7) is 6.89. The van der Waals surface area contributed by atoms with Crippen LogP contribution in [0.25, 0.3) is 11.4 Å². The molecule has 25 heavy (non-hydrogen) atoms. The summed E-state index contributed by atoms with van der Waals surface area (Å²) >= 11 is 0. The first-order chi connectivity index (χ1) is 12.0. The second-order valence-electron chi connectivity index (χ2n) is 5.38. The largest absolute Gasteiger partial charge is 0.528 e. The molecule has 2 heterocycles. The highest BCUT2D eigenvalue weighted by Crippen LogP contribution is 2.20. The molecule has 0 aliphatic heterocycles.